The highest BCUT2D eigenvalue weighted by molar-refractivity contribution is 7.91. The van der Waals surface area contributed by atoms with E-state index in [0.29, 0.717) is 18.0 Å². The van der Waals surface area contributed by atoms with E-state index in [-0.39, 0.29) is 17.1 Å². The van der Waals surface area contributed by atoms with Gasteiger partial charge in [-0.05, 0) is 56.2 Å². The van der Waals surface area contributed by atoms with Gasteiger partial charge >= 0.3 is 5.97 Å². The molecule has 2 rings (SSSR count). The Kier molecular flexibility index (Phi) is 7.78. The molecule has 0 aliphatic rings. The van der Waals surface area contributed by atoms with Crippen LogP contribution in [0.3, 0.4) is 0 Å². The van der Waals surface area contributed by atoms with Crippen LogP contribution in [0.25, 0.3) is 0 Å². The first kappa shape index (κ1) is 22.4. The molecule has 0 atom stereocenters. The number of benzene rings is 2. The van der Waals surface area contributed by atoms with Crippen molar-refractivity contribution in [2.75, 3.05) is 24.3 Å². The standard InChI is InChI=1S/C21H25NO6S/c1-4-27-19-8-6-5-7-18(19)22-20(23)14-28-21(24)11-12-29(25,26)17-10-9-15(2)16(3)13-17/h5-10,13H,4,11-12,14H2,1-3H3,(H,22,23). The molecule has 2 aromatic rings. The molecule has 156 valence electrons. The van der Waals surface area contributed by atoms with Crippen LogP contribution in [0.5, 0.6) is 5.75 Å². The molecule has 0 saturated carbocycles. The van der Waals surface area contributed by atoms with Crippen molar-refractivity contribution in [3.63, 3.8) is 0 Å². The van der Waals surface area contributed by atoms with E-state index in [1.807, 2.05) is 20.8 Å². The first-order valence-electron chi connectivity index (χ1n) is 9.20. The van der Waals surface area contributed by atoms with Crippen LogP contribution in [-0.2, 0) is 24.2 Å². The summed E-state index contributed by atoms with van der Waals surface area (Å²) < 4.78 is 35.1. The van der Waals surface area contributed by atoms with Gasteiger partial charge in [-0.1, -0.05) is 18.2 Å². The summed E-state index contributed by atoms with van der Waals surface area (Å²) >= 11 is 0. The largest absolute Gasteiger partial charge is 0.492 e. The average Bonchev–Trinajstić information content (AvgIpc) is 2.68. The maximum atomic E-state index is 12.4. The molecule has 0 spiro atoms. The fraction of sp³-hybridized carbons (Fsp3) is 0.333. The topological polar surface area (TPSA) is 98.8 Å². The van der Waals surface area contributed by atoms with Gasteiger partial charge in [0.05, 0.1) is 29.4 Å². The summed E-state index contributed by atoms with van der Waals surface area (Å²) in [5, 5.41) is 2.60. The molecular weight excluding hydrogens is 394 g/mol. The zero-order chi connectivity index (χ0) is 21.4. The number of hydrogen-bond donors (Lipinski definition) is 1. The molecule has 8 heteroatoms. The van der Waals surface area contributed by atoms with Crippen molar-refractivity contribution < 1.29 is 27.5 Å². The minimum absolute atomic E-state index is 0.165. The van der Waals surface area contributed by atoms with Crippen molar-refractivity contribution in [1.29, 1.82) is 0 Å². The maximum Gasteiger partial charge on any atom is 0.307 e. The molecule has 2 aromatic carbocycles. The number of anilines is 1. The summed E-state index contributed by atoms with van der Waals surface area (Å²) in [5.74, 6) is -1.18. The quantitative estimate of drug-likeness (QED) is 0.627. The van der Waals surface area contributed by atoms with E-state index in [0.717, 1.165) is 11.1 Å². The zero-order valence-electron chi connectivity index (χ0n) is 16.7. The van der Waals surface area contributed by atoms with Crippen LogP contribution in [0.15, 0.2) is 47.4 Å². The van der Waals surface area contributed by atoms with Crippen LogP contribution in [0, 0.1) is 13.8 Å². The fourth-order valence-corrected chi connectivity index (χ4v) is 3.80. The Labute approximate surface area is 170 Å². The van der Waals surface area contributed by atoms with Crippen molar-refractivity contribution in [3.8, 4) is 5.75 Å². The summed E-state index contributed by atoms with van der Waals surface area (Å²) in [4.78, 5) is 24.0. The fourth-order valence-electron chi connectivity index (χ4n) is 2.50. The Hall–Kier alpha value is -2.87. The molecule has 29 heavy (non-hydrogen) atoms. The van der Waals surface area contributed by atoms with Crippen LogP contribution in [-0.4, -0.2) is 39.3 Å². The number of sulfone groups is 1. The molecule has 0 saturated heterocycles. The summed E-state index contributed by atoms with van der Waals surface area (Å²) in [5.41, 5.74) is 2.31. The smallest absolute Gasteiger partial charge is 0.307 e. The van der Waals surface area contributed by atoms with Crippen molar-refractivity contribution >= 4 is 27.4 Å². The van der Waals surface area contributed by atoms with E-state index >= 15 is 0 Å². The molecule has 0 radical (unpaired) electrons. The predicted octanol–water partition coefficient (Wildman–Crippen LogP) is 3.05. The highest BCUT2D eigenvalue weighted by Gasteiger charge is 2.18. The third-order valence-electron chi connectivity index (χ3n) is 4.24. The van der Waals surface area contributed by atoms with Gasteiger partial charge in [-0.15, -0.1) is 0 Å². The Morgan fingerprint density at radius 1 is 1.03 bits per heavy atom. The second-order valence-electron chi connectivity index (χ2n) is 6.45. The highest BCUT2D eigenvalue weighted by Crippen LogP contribution is 2.23. The lowest BCUT2D eigenvalue weighted by Crippen LogP contribution is -2.22. The predicted molar refractivity (Wildman–Crippen MR) is 110 cm³/mol. The third kappa shape index (κ3) is 6.60. The first-order chi connectivity index (χ1) is 13.7. The van der Waals surface area contributed by atoms with Crippen molar-refractivity contribution in [1.82, 2.24) is 0 Å². The van der Waals surface area contributed by atoms with E-state index in [2.05, 4.69) is 5.32 Å². The van der Waals surface area contributed by atoms with Crippen LogP contribution >= 0.6 is 0 Å². The third-order valence-corrected chi connectivity index (χ3v) is 5.95. The number of esters is 1. The molecular formula is C21H25NO6S. The van der Waals surface area contributed by atoms with Gasteiger partial charge in [0.15, 0.2) is 16.4 Å². The summed E-state index contributed by atoms with van der Waals surface area (Å²) in [6.07, 6.45) is -0.335. The minimum atomic E-state index is -3.61. The summed E-state index contributed by atoms with van der Waals surface area (Å²) in [6.45, 7) is 5.47. The Morgan fingerprint density at radius 2 is 1.76 bits per heavy atom. The Balaban J connectivity index is 1.85. The summed E-state index contributed by atoms with van der Waals surface area (Å²) in [7, 11) is -3.61. The summed E-state index contributed by atoms with van der Waals surface area (Å²) in [6, 6.07) is 11.7. The van der Waals surface area contributed by atoms with E-state index in [1.54, 1.807) is 36.4 Å². The molecule has 0 aromatic heterocycles. The van der Waals surface area contributed by atoms with Crippen LogP contribution in [0.2, 0.25) is 0 Å². The zero-order valence-corrected chi connectivity index (χ0v) is 17.5. The van der Waals surface area contributed by atoms with Gasteiger partial charge < -0.3 is 14.8 Å². The molecule has 1 amide bonds. The molecule has 0 aliphatic carbocycles. The normalized spacial score (nSPS) is 11.0. The van der Waals surface area contributed by atoms with Crippen LogP contribution in [0.4, 0.5) is 5.69 Å². The number of carbonyl (C=O) groups is 2. The number of ether oxygens (including phenoxy) is 2. The first-order valence-corrected chi connectivity index (χ1v) is 10.9. The van der Waals surface area contributed by atoms with Gasteiger partial charge in [0, 0.05) is 0 Å². The van der Waals surface area contributed by atoms with Gasteiger partial charge in [-0.2, -0.15) is 0 Å². The van der Waals surface area contributed by atoms with E-state index in [9.17, 15) is 18.0 Å². The van der Waals surface area contributed by atoms with Crippen molar-refractivity contribution in [2.45, 2.75) is 32.1 Å². The second-order valence-corrected chi connectivity index (χ2v) is 8.56. The lowest BCUT2D eigenvalue weighted by atomic mass is 10.1. The number of amides is 1. The second kappa shape index (κ2) is 10.1. The van der Waals surface area contributed by atoms with Gasteiger partial charge in [0.2, 0.25) is 0 Å². The average molecular weight is 419 g/mol. The Bertz CT molecular complexity index is 984. The lowest BCUT2D eigenvalue weighted by molar-refractivity contribution is -0.146. The van der Waals surface area contributed by atoms with Gasteiger partial charge in [0.1, 0.15) is 5.75 Å². The molecule has 0 fully saturated rings. The molecule has 0 aliphatic heterocycles. The Morgan fingerprint density at radius 3 is 2.45 bits per heavy atom. The maximum absolute atomic E-state index is 12.4. The number of hydrogen-bond acceptors (Lipinski definition) is 6. The molecule has 7 nitrogen and oxygen atoms in total. The van der Waals surface area contributed by atoms with Gasteiger partial charge in [-0.25, -0.2) is 8.42 Å². The van der Waals surface area contributed by atoms with Crippen molar-refractivity contribution in [3.05, 3.63) is 53.6 Å². The van der Waals surface area contributed by atoms with Crippen LogP contribution < -0.4 is 10.1 Å². The number of aryl methyl sites for hydroxylation is 2. The number of carbonyl (C=O) groups excluding carboxylic acids is 2. The molecule has 0 bridgehead atoms. The molecule has 0 unspecified atom stereocenters. The molecule has 1 N–H and O–H groups in total. The van der Waals surface area contributed by atoms with Gasteiger partial charge in [0.25, 0.3) is 5.91 Å². The lowest BCUT2D eigenvalue weighted by Gasteiger charge is -2.11. The molecule has 0 heterocycles. The van der Waals surface area contributed by atoms with Gasteiger partial charge in [-0.3, -0.25) is 9.59 Å². The number of rotatable bonds is 9. The van der Waals surface area contributed by atoms with E-state index in [4.69, 9.17) is 9.47 Å². The van der Waals surface area contributed by atoms with E-state index in [1.165, 1.54) is 6.07 Å². The minimum Gasteiger partial charge on any atom is -0.492 e. The SMILES string of the molecule is CCOc1ccccc1NC(=O)COC(=O)CCS(=O)(=O)c1ccc(C)c(C)c1. The monoisotopic (exact) mass is 419 g/mol. The number of para-hydroxylation sites is 2. The number of nitrogens with one attached hydrogen (secondary N) is 1. The van der Waals surface area contributed by atoms with Crippen LogP contribution in [0.1, 0.15) is 24.5 Å². The van der Waals surface area contributed by atoms with Crippen molar-refractivity contribution in [2.24, 2.45) is 0 Å². The van der Waals surface area contributed by atoms with E-state index < -0.39 is 28.3 Å². The highest BCUT2D eigenvalue weighted by atomic mass is 32.2.